The van der Waals surface area contributed by atoms with Gasteiger partial charge in [0, 0.05) is 4.47 Å². The lowest BCUT2D eigenvalue weighted by Crippen LogP contribution is -2.23. The summed E-state index contributed by atoms with van der Waals surface area (Å²) < 4.78 is 1.13. The molecule has 1 atom stereocenters. The molecule has 2 heteroatoms. The van der Waals surface area contributed by atoms with Gasteiger partial charge in [-0.25, -0.2) is 0 Å². The van der Waals surface area contributed by atoms with Gasteiger partial charge in [0.05, 0.1) is 6.04 Å². The van der Waals surface area contributed by atoms with E-state index in [1.807, 2.05) is 0 Å². The van der Waals surface area contributed by atoms with E-state index in [4.69, 9.17) is 0 Å². The Hall–Kier alpha value is -1.12. The van der Waals surface area contributed by atoms with E-state index in [-0.39, 0.29) is 6.04 Å². The first-order valence-corrected chi connectivity index (χ1v) is 8.11. The topological polar surface area (TPSA) is 12.0 Å². The van der Waals surface area contributed by atoms with Gasteiger partial charge in [-0.2, -0.15) is 0 Å². The van der Waals surface area contributed by atoms with Crippen LogP contribution in [-0.2, 0) is 6.42 Å². The first kappa shape index (κ1) is 15.3. The summed E-state index contributed by atoms with van der Waals surface area (Å²) in [5.41, 5.74) is 4.04. The highest BCUT2D eigenvalue weighted by molar-refractivity contribution is 9.10. The maximum atomic E-state index is 3.66. The summed E-state index contributed by atoms with van der Waals surface area (Å²) in [4.78, 5) is 0. The van der Waals surface area contributed by atoms with Gasteiger partial charge in [0.25, 0.3) is 0 Å². The molecule has 1 unspecified atom stereocenters. The second-order valence-corrected chi connectivity index (χ2v) is 5.96. The van der Waals surface area contributed by atoms with Gasteiger partial charge in [-0.15, -0.1) is 0 Å². The third kappa shape index (κ3) is 3.94. The zero-order valence-electron chi connectivity index (χ0n) is 12.2. The predicted octanol–water partition coefficient (Wildman–Crippen LogP) is 5.10. The summed E-state index contributed by atoms with van der Waals surface area (Å²) in [6, 6.07) is 17.7. The Balaban J connectivity index is 2.35. The van der Waals surface area contributed by atoms with Gasteiger partial charge < -0.3 is 5.32 Å². The minimum atomic E-state index is 0.263. The summed E-state index contributed by atoms with van der Waals surface area (Å²) in [5.74, 6) is 0. The molecular formula is C18H22BrN. The molecule has 0 heterocycles. The second-order valence-electron chi connectivity index (χ2n) is 5.04. The van der Waals surface area contributed by atoms with Crippen molar-refractivity contribution in [3.8, 4) is 0 Å². The number of nitrogens with one attached hydrogen (secondary N) is 1. The lowest BCUT2D eigenvalue weighted by Gasteiger charge is -2.20. The van der Waals surface area contributed by atoms with Crippen LogP contribution in [-0.4, -0.2) is 6.54 Å². The van der Waals surface area contributed by atoms with Crippen molar-refractivity contribution in [2.45, 2.75) is 32.7 Å². The first-order chi connectivity index (χ1) is 9.74. The maximum Gasteiger partial charge on any atom is 0.0577 e. The summed E-state index contributed by atoms with van der Waals surface area (Å²) >= 11 is 3.57. The van der Waals surface area contributed by atoms with Crippen molar-refractivity contribution in [1.82, 2.24) is 5.32 Å². The zero-order chi connectivity index (χ0) is 14.4. The lowest BCUT2D eigenvalue weighted by molar-refractivity contribution is 0.598. The Morgan fingerprint density at radius 2 is 1.70 bits per heavy atom. The molecule has 0 saturated heterocycles. The number of hydrogen-bond acceptors (Lipinski definition) is 1. The molecule has 20 heavy (non-hydrogen) atoms. The van der Waals surface area contributed by atoms with Gasteiger partial charge >= 0.3 is 0 Å². The zero-order valence-corrected chi connectivity index (χ0v) is 13.8. The van der Waals surface area contributed by atoms with Gasteiger partial charge in [-0.1, -0.05) is 66.2 Å². The molecule has 0 radical (unpaired) electrons. The number of aryl methyl sites for hydroxylation is 1. The van der Waals surface area contributed by atoms with Crippen LogP contribution in [0.1, 0.15) is 43.0 Å². The number of benzene rings is 2. The summed E-state index contributed by atoms with van der Waals surface area (Å²) in [5, 5.41) is 3.66. The van der Waals surface area contributed by atoms with Crippen LogP contribution < -0.4 is 5.32 Å². The largest absolute Gasteiger partial charge is 0.306 e. The fraction of sp³-hybridized carbons (Fsp3) is 0.333. The summed E-state index contributed by atoms with van der Waals surface area (Å²) in [6.45, 7) is 5.42. The van der Waals surface area contributed by atoms with Crippen molar-refractivity contribution in [2.75, 3.05) is 6.54 Å². The third-order valence-corrected chi connectivity index (χ3v) is 3.97. The Labute approximate surface area is 130 Å². The van der Waals surface area contributed by atoms with Crippen LogP contribution in [0.25, 0.3) is 0 Å². The Morgan fingerprint density at radius 3 is 2.35 bits per heavy atom. The second kappa shape index (κ2) is 7.61. The molecule has 0 bridgehead atoms. The monoisotopic (exact) mass is 331 g/mol. The minimum absolute atomic E-state index is 0.263. The van der Waals surface area contributed by atoms with Crippen molar-refractivity contribution >= 4 is 15.9 Å². The molecule has 0 fully saturated rings. The van der Waals surface area contributed by atoms with E-state index in [0.717, 1.165) is 23.9 Å². The van der Waals surface area contributed by atoms with Crippen LogP contribution in [0.4, 0.5) is 0 Å². The van der Waals surface area contributed by atoms with Crippen LogP contribution in [0.5, 0.6) is 0 Å². The van der Waals surface area contributed by atoms with Crippen LogP contribution in [0, 0.1) is 0 Å². The van der Waals surface area contributed by atoms with Gasteiger partial charge in [-0.05, 0) is 48.2 Å². The van der Waals surface area contributed by atoms with Crippen LogP contribution in [0.2, 0.25) is 0 Å². The Bertz CT molecular complexity index is 551. The van der Waals surface area contributed by atoms with Crippen LogP contribution in [0.3, 0.4) is 0 Å². The summed E-state index contributed by atoms with van der Waals surface area (Å²) in [6.07, 6.45) is 2.21. The van der Waals surface area contributed by atoms with Crippen molar-refractivity contribution in [1.29, 1.82) is 0 Å². The molecule has 0 amide bonds. The molecule has 0 aliphatic carbocycles. The first-order valence-electron chi connectivity index (χ1n) is 7.32. The van der Waals surface area contributed by atoms with E-state index in [1.54, 1.807) is 0 Å². The van der Waals surface area contributed by atoms with Crippen LogP contribution >= 0.6 is 15.9 Å². The van der Waals surface area contributed by atoms with Crippen molar-refractivity contribution in [3.63, 3.8) is 0 Å². The molecular weight excluding hydrogens is 310 g/mol. The third-order valence-electron chi connectivity index (χ3n) is 3.47. The quantitative estimate of drug-likeness (QED) is 0.776. The van der Waals surface area contributed by atoms with E-state index in [2.05, 4.69) is 83.6 Å². The molecule has 2 aromatic carbocycles. The SMILES string of the molecule is CCCNC(c1cccc(Br)c1)c1cccc(CC)c1. The maximum absolute atomic E-state index is 3.66. The van der Waals surface area contributed by atoms with Gasteiger partial charge in [0.15, 0.2) is 0 Å². The van der Waals surface area contributed by atoms with E-state index in [0.29, 0.717) is 0 Å². The average Bonchev–Trinajstić information content (AvgIpc) is 2.48. The van der Waals surface area contributed by atoms with E-state index in [9.17, 15) is 0 Å². The molecule has 0 aliphatic rings. The highest BCUT2D eigenvalue weighted by Gasteiger charge is 2.13. The van der Waals surface area contributed by atoms with E-state index in [1.165, 1.54) is 16.7 Å². The molecule has 1 nitrogen and oxygen atoms in total. The summed E-state index contributed by atoms with van der Waals surface area (Å²) in [7, 11) is 0. The molecule has 0 saturated carbocycles. The Morgan fingerprint density at radius 1 is 1.00 bits per heavy atom. The fourth-order valence-electron chi connectivity index (χ4n) is 2.40. The van der Waals surface area contributed by atoms with Crippen molar-refractivity contribution in [3.05, 3.63) is 69.7 Å². The van der Waals surface area contributed by atoms with E-state index >= 15 is 0 Å². The number of hydrogen-bond donors (Lipinski definition) is 1. The standard InChI is InChI=1S/C18H22BrN/c1-3-11-20-18(16-9-6-10-17(19)13-16)15-8-5-7-14(4-2)12-15/h5-10,12-13,18,20H,3-4,11H2,1-2H3. The van der Waals surface area contributed by atoms with Gasteiger partial charge in [0.1, 0.15) is 0 Å². The molecule has 0 aromatic heterocycles. The average molecular weight is 332 g/mol. The van der Waals surface area contributed by atoms with Crippen LogP contribution in [0.15, 0.2) is 53.0 Å². The molecule has 0 aliphatic heterocycles. The molecule has 106 valence electrons. The number of halogens is 1. The Kier molecular flexibility index (Phi) is 5.81. The number of rotatable bonds is 6. The predicted molar refractivity (Wildman–Crippen MR) is 90.1 cm³/mol. The highest BCUT2D eigenvalue weighted by Crippen LogP contribution is 2.25. The normalized spacial score (nSPS) is 12.3. The lowest BCUT2D eigenvalue weighted by atomic mass is 9.96. The van der Waals surface area contributed by atoms with Crippen molar-refractivity contribution < 1.29 is 0 Å². The molecule has 2 aromatic rings. The highest BCUT2D eigenvalue weighted by atomic mass is 79.9. The minimum Gasteiger partial charge on any atom is -0.306 e. The van der Waals surface area contributed by atoms with Gasteiger partial charge in [-0.3, -0.25) is 0 Å². The van der Waals surface area contributed by atoms with Crippen molar-refractivity contribution in [2.24, 2.45) is 0 Å². The van der Waals surface area contributed by atoms with E-state index < -0.39 is 0 Å². The fourth-order valence-corrected chi connectivity index (χ4v) is 2.81. The van der Waals surface area contributed by atoms with Gasteiger partial charge in [0.2, 0.25) is 0 Å². The molecule has 2 rings (SSSR count). The smallest absolute Gasteiger partial charge is 0.0577 e. The molecule has 1 N–H and O–H groups in total. The molecule has 0 spiro atoms.